The van der Waals surface area contributed by atoms with Gasteiger partial charge in [0.2, 0.25) is 5.91 Å². The van der Waals surface area contributed by atoms with Crippen LogP contribution in [0.25, 0.3) is 0 Å². The van der Waals surface area contributed by atoms with Gasteiger partial charge in [-0.05, 0) is 13.3 Å². The highest BCUT2D eigenvalue weighted by molar-refractivity contribution is 7.92. The number of carbonyl (C=O) groups is 2. The van der Waals surface area contributed by atoms with Crippen LogP contribution < -0.4 is 0 Å². The summed E-state index contributed by atoms with van der Waals surface area (Å²) in [4.78, 5) is 24.2. The minimum absolute atomic E-state index is 0.193. The molecule has 98 valence electrons. The topological polar surface area (TPSA) is 87.5 Å². The van der Waals surface area contributed by atoms with Gasteiger partial charge in [0, 0.05) is 28.6 Å². The van der Waals surface area contributed by atoms with Crippen LogP contribution in [-0.2, 0) is 24.1 Å². The molecule has 0 aromatic rings. The highest BCUT2D eigenvalue weighted by atomic mass is 32.2. The fourth-order valence-corrected chi connectivity index (χ4v) is 3.60. The summed E-state index contributed by atoms with van der Waals surface area (Å²) in [6, 6.07) is -0.193. The van der Waals surface area contributed by atoms with Crippen LogP contribution in [0, 0.1) is 4.78 Å². The molecule has 0 aromatic carbocycles. The molecule has 2 unspecified atom stereocenters. The first-order valence-electron chi connectivity index (χ1n) is 5.51. The molecule has 1 rings (SSSR count). The van der Waals surface area contributed by atoms with Crippen molar-refractivity contribution in [1.82, 2.24) is 4.90 Å². The Morgan fingerprint density at radius 3 is 2.65 bits per heavy atom. The molecular weight excluding hydrogens is 244 g/mol. The van der Waals surface area contributed by atoms with Crippen LogP contribution in [0.15, 0.2) is 0 Å². The molecule has 0 radical (unpaired) electrons. The van der Waals surface area contributed by atoms with E-state index < -0.39 is 15.7 Å². The Bertz CT molecular complexity index is 405. The lowest BCUT2D eigenvalue weighted by Gasteiger charge is -2.23. The predicted molar refractivity (Wildman–Crippen MR) is 63.0 cm³/mol. The average molecular weight is 262 g/mol. The van der Waals surface area contributed by atoms with Crippen LogP contribution in [-0.4, -0.2) is 52.2 Å². The van der Waals surface area contributed by atoms with Crippen LogP contribution in [0.1, 0.15) is 19.8 Å². The summed E-state index contributed by atoms with van der Waals surface area (Å²) in [5.74, 6) is -0.355. The number of amides is 1. The second-order valence-electron chi connectivity index (χ2n) is 4.11. The summed E-state index contributed by atoms with van der Waals surface area (Å²) in [6.45, 7) is 1.93. The molecule has 1 heterocycles. The molecule has 2 atom stereocenters. The average Bonchev–Trinajstić information content (AvgIpc) is 2.58. The van der Waals surface area contributed by atoms with Crippen LogP contribution in [0.5, 0.6) is 0 Å². The van der Waals surface area contributed by atoms with Crippen molar-refractivity contribution in [2.24, 2.45) is 0 Å². The number of esters is 1. The molecule has 0 aromatic heterocycles. The van der Waals surface area contributed by atoms with Crippen LogP contribution >= 0.6 is 0 Å². The van der Waals surface area contributed by atoms with Crippen molar-refractivity contribution in [3.8, 4) is 0 Å². The summed E-state index contributed by atoms with van der Waals surface area (Å²) in [7, 11) is -0.946. The summed E-state index contributed by atoms with van der Waals surface area (Å²) >= 11 is 0. The van der Waals surface area contributed by atoms with Gasteiger partial charge in [0.05, 0.1) is 12.4 Å². The van der Waals surface area contributed by atoms with Crippen molar-refractivity contribution in [2.75, 3.05) is 25.2 Å². The standard InChI is InChI=1S/C10H18N2O4S/c1-3-16-10(14)6-9(13)12(2)8-4-5-17(11,15)7-8/h8,11H,3-7H2,1-2H3. The maximum Gasteiger partial charge on any atom is 0.315 e. The Balaban J connectivity index is 2.50. The summed E-state index contributed by atoms with van der Waals surface area (Å²) in [6.07, 6.45) is 0.271. The summed E-state index contributed by atoms with van der Waals surface area (Å²) in [5.41, 5.74) is 0. The molecule has 1 aliphatic rings. The maximum atomic E-state index is 11.7. The third-order valence-corrected chi connectivity index (χ3v) is 4.60. The predicted octanol–water partition coefficient (Wildman–Crippen LogP) is 0.217. The van der Waals surface area contributed by atoms with E-state index in [2.05, 4.69) is 4.74 Å². The first-order chi connectivity index (χ1) is 7.85. The molecule has 1 aliphatic heterocycles. The van der Waals surface area contributed by atoms with Crippen LogP contribution in [0.2, 0.25) is 0 Å². The van der Waals surface area contributed by atoms with Crippen LogP contribution in [0.3, 0.4) is 0 Å². The SMILES string of the molecule is CCOC(=O)CC(=O)N(C)C1CCS(=N)(=O)C1. The number of rotatable bonds is 4. The first-order valence-corrected chi connectivity index (χ1v) is 7.41. The van der Waals surface area contributed by atoms with Gasteiger partial charge >= 0.3 is 5.97 Å². The van der Waals surface area contributed by atoms with Crippen molar-refractivity contribution in [3.63, 3.8) is 0 Å². The van der Waals surface area contributed by atoms with Crippen molar-refractivity contribution < 1.29 is 18.5 Å². The number of nitrogens with zero attached hydrogens (tertiary/aromatic N) is 1. The molecule has 17 heavy (non-hydrogen) atoms. The maximum absolute atomic E-state index is 11.7. The van der Waals surface area contributed by atoms with Crippen molar-refractivity contribution in [1.29, 1.82) is 4.78 Å². The van der Waals surface area contributed by atoms with Gasteiger partial charge in [0.25, 0.3) is 0 Å². The minimum atomic E-state index is -2.52. The normalized spacial score (nSPS) is 27.8. The van der Waals surface area contributed by atoms with E-state index in [-0.39, 0.29) is 30.7 Å². The molecule has 0 bridgehead atoms. The number of hydrogen-bond acceptors (Lipinski definition) is 5. The Morgan fingerprint density at radius 1 is 1.53 bits per heavy atom. The van der Waals surface area contributed by atoms with E-state index in [9.17, 15) is 13.8 Å². The van der Waals surface area contributed by atoms with Gasteiger partial charge in [-0.25, -0.2) is 4.21 Å². The van der Waals surface area contributed by atoms with Gasteiger partial charge in [-0.15, -0.1) is 0 Å². The second kappa shape index (κ2) is 5.48. The Hall–Kier alpha value is -1.11. The molecule has 1 amide bonds. The van der Waals surface area contributed by atoms with E-state index in [0.717, 1.165) is 0 Å². The lowest BCUT2D eigenvalue weighted by atomic mass is 10.2. The van der Waals surface area contributed by atoms with E-state index in [1.807, 2.05) is 0 Å². The highest BCUT2D eigenvalue weighted by Gasteiger charge is 2.31. The van der Waals surface area contributed by atoms with Gasteiger partial charge in [0.1, 0.15) is 6.42 Å². The molecule has 1 saturated heterocycles. The molecule has 1 fully saturated rings. The summed E-state index contributed by atoms with van der Waals surface area (Å²) < 4.78 is 23.6. The van der Waals surface area contributed by atoms with Gasteiger partial charge < -0.3 is 9.64 Å². The number of hydrogen-bond donors (Lipinski definition) is 1. The smallest absolute Gasteiger partial charge is 0.315 e. The largest absolute Gasteiger partial charge is 0.466 e. The fourth-order valence-electron chi connectivity index (χ4n) is 1.77. The van der Waals surface area contributed by atoms with Crippen molar-refractivity contribution in [3.05, 3.63) is 0 Å². The van der Waals surface area contributed by atoms with Crippen molar-refractivity contribution >= 4 is 21.6 Å². The third-order valence-electron chi connectivity index (χ3n) is 2.78. The number of nitrogens with one attached hydrogen (secondary N) is 1. The van der Waals surface area contributed by atoms with E-state index in [0.29, 0.717) is 12.2 Å². The number of ether oxygens (including phenoxy) is 1. The molecule has 1 N–H and O–H groups in total. The van der Waals surface area contributed by atoms with Crippen molar-refractivity contribution in [2.45, 2.75) is 25.8 Å². The van der Waals surface area contributed by atoms with Gasteiger partial charge in [0.15, 0.2) is 0 Å². The lowest BCUT2D eigenvalue weighted by Crippen LogP contribution is -2.38. The van der Waals surface area contributed by atoms with Gasteiger partial charge in [-0.2, -0.15) is 0 Å². The molecule has 6 nitrogen and oxygen atoms in total. The Kier molecular flexibility index (Phi) is 4.50. The third kappa shape index (κ3) is 3.99. The van der Waals surface area contributed by atoms with E-state index in [1.54, 1.807) is 14.0 Å². The van der Waals surface area contributed by atoms with E-state index in [4.69, 9.17) is 4.78 Å². The zero-order chi connectivity index (χ0) is 13.1. The zero-order valence-corrected chi connectivity index (χ0v) is 10.9. The monoisotopic (exact) mass is 262 g/mol. The molecule has 0 aliphatic carbocycles. The quantitative estimate of drug-likeness (QED) is 0.580. The van der Waals surface area contributed by atoms with E-state index in [1.165, 1.54) is 4.90 Å². The van der Waals surface area contributed by atoms with E-state index >= 15 is 0 Å². The zero-order valence-electron chi connectivity index (χ0n) is 10.1. The second-order valence-corrected chi connectivity index (χ2v) is 6.48. The Labute approximate surface area is 101 Å². The molecule has 0 saturated carbocycles. The van der Waals surface area contributed by atoms with Crippen LogP contribution in [0.4, 0.5) is 0 Å². The lowest BCUT2D eigenvalue weighted by molar-refractivity contribution is -0.148. The minimum Gasteiger partial charge on any atom is -0.466 e. The van der Waals surface area contributed by atoms with Gasteiger partial charge in [-0.3, -0.25) is 14.4 Å². The summed E-state index contributed by atoms with van der Waals surface area (Å²) in [5, 5.41) is 0. The molecule has 0 spiro atoms. The highest BCUT2D eigenvalue weighted by Crippen LogP contribution is 2.17. The van der Waals surface area contributed by atoms with Gasteiger partial charge in [-0.1, -0.05) is 0 Å². The molecule has 7 heteroatoms. The number of carbonyl (C=O) groups excluding carboxylic acids is 2. The fraction of sp³-hybridized carbons (Fsp3) is 0.800. The molecular formula is C10H18N2O4S. The first kappa shape index (κ1) is 14.0. The Morgan fingerprint density at radius 2 is 2.18 bits per heavy atom.